The molecule has 3 rings (SSSR count). The Bertz CT molecular complexity index is 973. The molecule has 0 bridgehead atoms. The van der Waals surface area contributed by atoms with E-state index >= 15 is 0 Å². The number of esters is 2. The number of rotatable bonds is 10. The molecule has 0 aromatic heterocycles. The van der Waals surface area contributed by atoms with Gasteiger partial charge in [-0.25, -0.2) is 0 Å². The van der Waals surface area contributed by atoms with Crippen LogP contribution in [0.2, 0.25) is 0 Å². The van der Waals surface area contributed by atoms with Crippen LogP contribution in [0.4, 0.5) is 0 Å². The molecule has 0 radical (unpaired) electrons. The van der Waals surface area contributed by atoms with Gasteiger partial charge in [0.25, 0.3) is 0 Å². The smallest absolute Gasteiger partial charge is 0.316 e. The molecule has 7 nitrogen and oxygen atoms in total. The molecule has 0 amide bonds. The van der Waals surface area contributed by atoms with Gasteiger partial charge in [-0.1, -0.05) is 44.6 Å². The molecule has 7 atom stereocenters. The standard InChI is InChI=1S/C32H50O7/c1-20(2)11-10-15-31(7)26-13-12-21(3)25(30(26,6)16-14-27(31)39-23(5)33)19-24(29(35)36-9)28(34)22(4)32(8)37-17-18-38-32/h11,22,24-27H,3,10,12-19H2,1-2,4-9H3/t22?,24?,25-,26-,27+,30-,31+/m1/s1. The molecule has 220 valence electrons. The van der Waals surface area contributed by atoms with E-state index in [4.69, 9.17) is 18.9 Å². The van der Waals surface area contributed by atoms with E-state index < -0.39 is 23.6 Å². The van der Waals surface area contributed by atoms with Gasteiger partial charge in [-0.05, 0) is 83.0 Å². The zero-order valence-corrected chi connectivity index (χ0v) is 25.4. The monoisotopic (exact) mass is 546 g/mol. The van der Waals surface area contributed by atoms with Gasteiger partial charge in [0.2, 0.25) is 0 Å². The van der Waals surface area contributed by atoms with E-state index in [1.807, 2.05) is 0 Å². The molecule has 0 N–H and O–H groups in total. The highest BCUT2D eigenvalue weighted by molar-refractivity contribution is 6.00. The number of Topliss-reactive ketones (excluding diaryl/α,β-unsaturated/α-hetero) is 1. The van der Waals surface area contributed by atoms with E-state index in [2.05, 4.69) is 40.3 Å². The SMILES string of the molecule is C=C1CC[C@H]2[C@](C)(CCC=C(C)C)[C@@H](OC(C)=O)CC[C@]2(C)[C@@H]1CC(C(=O)OC)C(=O)C(C)C1(C)OCCO1. The lowest BCUT2D eigenvalue weighted by atomic mass is 9.45. The van der Waals surface area contributed by atoms with Crippen molar-refractivity contribution in [3.8, 4) is 0 Å². The van der Waals surface area contributed by atoms with Crippen LogP contribution in [0.5, 0.6) is 0 Å². The molecule has 2 aliphatic carbocycles. The minimum atomic E-state index is -1.05. The van der Waals surface area contributed by atoms with E-state index in [0.717, 1.165) is 44.1 Å². The summed E-state index contributed by atoms with van der Waals surface area (Å²) < 4.78 is 22.7. The Hall–Kier alpha value is -1.99. The number of ketones is 1. The number of fused-ring (bicyclic) bond motifs is 1. The van der Waals surface area contributed by atoms with Crippen LogP contribution in [0.3, 0.4) is 0 Å². The Morgan fingerprint density at radius 2 is 1.74 bits per heavy atom. The van der Waals surface area contributed by atoms with E-state index in [1.165, 1.54) is 19.6 Å². The van der Waals surface area contributed by atoms with Crippen LogP contribution in [0.1, 0.15) is 93.4 Å². The number of hydrogen-bond donors (Lipinski definition) is 0. The van der Waals surface area contributed by atoms with Crippen molar-refractivity contribution in [2.45, 2.75) is 105 Å². The van der Waals surface area contributed by atoms with E-state index in [1.54, 1.807) is 13.8 Å². The van der Waals surface area contributed by atoms with Crippen molar-refractivity contribution in [3.05, 3.63) is 23.8 Å². The van der Waals surface area contributed by atoms with Crippen molar-refractivity contribution in [2.75, 3.05) is 20.3 Å². The normalized spacial score (nSPS) is 33.4. The van der Waals surface area contributed by atoms with Gasteiger partial charge in [-0.3, -0.25) is 14.4 Å². The first-order chi connectivity index (χ1) is 18.2. The van der Waals surface area contributed by atoms with E-state index in [0.29, 0.717) is 19.6 Å². The second-order valence-electron chi connectivity index (χ2n) is 12.9. The number of methoxy groups -OCH3 is 1. The van der Waals surface area contributed by atoms with Crippen LogP contribution >= 0.6 is 0 Å². The fraction of sp³-hybridized carbons (Fsp3) is 0.781. The highest BCUT2D eigenvalue weighted by atomic mass is 16.7. The predicted molar refractivity (Wildman–Crippen MR) is 150 cm³/mol. The number of ether oxygens (including phenoxy) is 4. The predicted octanol–water partition coefficient (Wildman–Crippen LogP) is 6.20. The van der Waals surface area contributed by atoms with Gasteiger partial charge in [0.15, 0.2) is 11.6 Å². The molecule has 1 aliphatic heterocycles. The van der Waals surface area contributed by atoms with Crippen LogP contribution in [0, 0.1) is 34.5 Å². The van der Waals surface area contributed by atoms with Crippen molar-refractivity contribution in [1.82, 2.24) is 0 Å². The summed E-state index contributed by atoms with van der Waals surface area (Å²) in [4.78, 5) is 39.0. The second kappa shape index (κ2) is 12.3. The first kappa shape index (κ1) is 31.5. The molecule has 7 heteroatoms. The van der Waals surface area contributed by atoms with Crippen molar-refractivity contribution in [1.29, 1.82) is 0 Å². The molecule has 2 unspecified atom stereocenters. The molecule has 3 aliphatic rings. The minimum absolute atomic E-state index is 0.0456. The number of carbonyl (C=O) groups excluding carboxylic acids is 3. The molecule has 0 spiro atoms. The van der Waals surface area contributed by atoms with Gasteiger partial charge in [0.1, 0.15) is 12.0 Å². The highest BCUT2D eigenvalue weighted by Gasteiger charge is 2.59. The van der Waals surface area contributed by atoms with Gasteiger partial charge in [0, 0.05) is 12.3 Å². The largest absolute Gasteiger partial charge is 0.468 e. The lowest BCUT2D eigenvalue weighted by molar-refractivity contribution is -0.189. The maximum Gasteiger partial charge on any atom is 0.316 e. The molecule has 3 fully saturated rings. The average molecular weight is 547 g/mol. The zero-order chi connectivity index (χ0) is 29.2. The summed E-state index contributed by atoms with van der Waals surface area (Å²) >= 11 is 0. The Kier molecular flexibility index (Phi) is 9.91. The van der Waals surface area contributed by atoms with Gasteiger partial charge >= 0.3 is 11.9 Å². The molecule has 0 aromatic rings. The average Bonchev–Trinajstić information content (AvgIpc) is 3.31. The summed E-state index contributed by atoms with van der Waals surface area (Å²) in [6.45, 7) is 19.1. The Morgan fingerprint density at radius 1 is 1.10 bits per heavy atom. The van der Waals surface area contributed by atoms with Gasteiger partial charge in [-0.2, -0.15) is 0 Å². The maximum absolute atomic E-state index is 13.8. The number of carbonyl (C=O) groups is 3. The summed E-state index contributed by atoms with van der Waals surface area (Å²) in [7, 11) is 1.34. The van der Waals surface area contributed by atoms with Crippen LogP contribution in [0.15, 0.2) is 23.8 Å². The van der Waals surface area contributed by atoms with E-state index in [9.17, 15) is 14.4 Å². The third-order valence-electron chi connectivity index (χ3n) is 10.2. The van der Waals surface area contributed by atoms with Crippen LogP contribution in [0.25, 0.3) is 0 Å². The van der Waals surface area contributed by atoms with Crippen molar-refractivity contribution >= 4 is 17.7 Å². The number of hydrogen-bond acceptors (Lipinski definition) is 7. The second-order valence-corrected chi connectivity index (χ2v) is 12.9. The van der Waals surface area contributed by atoms with Gasteiger partial charge in [-0.15, -0.1) is 0 Å². The van der Waals surface area contributed by atoms with Crippen LogP contribution in [-0.4, -0.2) is 49.9 Å². The summed E-state index contributed by atoms with van der Waals surface area (Å²) in [5, 5.41) is 0. The molecule has 1 heterocycles. The fourth-order valence-electron chi connectivity index (χ4n) is 7.85. The zero-order valence-electron chi connectivity index (χ0n) is 25.4. The van der Waals surface area contributed by atoms with E-state index in [-0.39, 0.29) is 40.5 Å². The summed E-state index contributed by atoms with van der Waals surface area (Å²) in [5.41, 5.74) is 1.92. The summed E-state index contributed by atoms with van der Waals surface area (Å²) in [6, 6.07) is 0. The third-order valence-corrected chi connectivity index (χ3v) is 10.2. The highest BCUT2D eigenvalue weighted by Crippen LogP contribution is 2.64. The lowest BCUT2D eigenvalue weighted by Gasteiger charge is -2.61. The molecule has 39 heavy (non-hydrogen) atoms. The topological polar surface area (TPSA) is 88.1 Å². The summed E-state index contributed by atoms with van der Waals surface area (Å²) in [5.74, 6) is -3.40. The molecular formula is C32H50O7. The van der Waals surface area contributed by atoms with Crippen LogP contribution < -0.4 is 0 Å². The van der Waals surface area contributed by atoms with Gasteiger partial charge in [0.05, 0.1) is 26.2 Å². The third kappa shape index (κ3) is 6.35. The molecule has 0 aromatic carbocycles. The van der Waals surface area contributed by atoms with Crippen molar-refractivity contribution < 1.29 is 33.3 Å². The first-order valence-corrected chi connectivity index (χ1v) is 14.6. The Labute approximate surface area is 235 Å². The quantitative estimate of drug-likeness (QED) is 0.183. The maximum atomic E-state index is 13.8. The lowest BCUT2D eigenvalue weighted by Crippen LogP contribution is -2.57. The van der Waals surface area contributed by atoms with Crippen molar-refractivity contribution in [3.63, 3.8) is 0 Å². The fourth-order valence-corrected chi connectivity index (χ4v) is 7.85. The Balaban J connectivity index is 1.96. The van der Waals surface area contributed by atoms with Crippen LogP contribution in [-0.2, 0) is 33.3 Å². The molecule has 1 saturated heterocycles. The van der Waals surface area contributed by atoms with Crippen molar-refractivity contribution in [2.24, 2.45) is 34.5 Å². The minimum Gasteiger partial charge on any atom is -0.468 e. The van der Waals surface area contributed by atoms with Gasteiger partial charge < -0.3 is 18.9 Å². The molecule has 2 saturated carbocycles. The summed E-state index contributed by atoms with van der Waals surface area (Å²) in [6.07, 6.45) is 7.59. The molecular weight excluding hydrogens is 496 g/mol. The first-order valence-electron chi connectivity index (χ1n) is 14.6. The number of allylic oxidation sites excluding steroid dienone is 3. The Morgan fingerprint density at radius 3 is 2.31 bits per heavy atom.